The van der Waals surface area contributed by atoms with Gasteiger partial charge in [-0.05, 0) is 60.4 Å². The number of nitrogens with one attached hydrogen (secondary N) is 1. The van der Waals surface area contributed by atoms with Gasteiger partial charge in [0, 0.05) is 5.70 Å². The molecule has 1 aliphatic rings. The lowest BCUT2D eigenvalue weighted by atomic mass is 9.99. The normalized spacial score (nSPS) is 16.3. The molecule has 2 aromatic carbocycles. The van der Waals surface area contributed by atoms with Gasteiger partial charge >= 0.3 is 0 Å². The van der Waals surface area contributed by atoms with Crippen molar-refractivity contribution < 1.29 is 4.39 Å². The van der Waals surface area contributed by atoms with Gasteiger partial charge < -0.3 is 5.32 Å². The summed E-state index contributed by atoms with van der Waals surface area (Å²) in [5, 5.41) is 7.63. The average molecular weight is 320 g/mol. The van der Waals surface area contributed by atoms with Gasteiger partial charge in [0.25, 0.3) is 0 Å². The van der Waals surface area contributed by atoms with Crippen molar-refractivity contribution in [1.29, 1.82) is 0 Å². The van der Waals surface area contributed by atoms with Crippen LogP contribution in [-0.4, -0.2) is 14.8 Å². The van der Waals surface area contributed by atoms with Crippen molar-refractivity contribution in [3.05, 3.63) is 82.9 Å². The molecule has 5 heteroatoms. The average Bonchev–Trinajstić information content (AvgIpc) is 3.06. The summed E-state index contributed by atoms with van der Waals surface area (Å²) in [6.45, 7) is 4.20. The van der Waals surface area contributed by atoms with Gasteiger partial charge in [0.1, 0.15) is 18.2 Å². The molecular formula is C19H17FN4. The topological polar surface area (TPSA) is 42.7 Å². The van der Waals surface area contributed by atoms with E-state index in [9.17, 15) is 4.39 Å². The molecule has 1 aliphatic heterocycles. The molecule has 4 rings (SSSR count). The molecule has 1 aromatic heterocycles. The Morgan fingerprint density at radius 2 is 1.83 bits per heavy atom. The molecule has 0 unspecified atom stereocenters. The van der Waals surface area contributed by atoms with Crippen LogP contribution < -0.4 is 5.32 Å². The quantitative estimate of drug-likeness (QED) is 0.773. The summed E-state index contributed by atoms with van der Waals surface area (Å²) < 4.78 is 15.1. The van der Waals surface area contributed by atoms with E-state index in [0.29, 0.717) is 5.95 Å². The first-order chi connectivity index (χ1) is 11.6. The number of halogens is 1. The third-order valence-electron chi connectivity index (χ3n) is 4.44. The fourth-order valence-electron chi connectivity index (χ4n) is 2.91. The Hall–Kier alpha value is -2.95. The van der Waals surface area contributed by atoms with Crippen molar-refractivity contribution in [2.45, 2.75) is 19.9 Å². The van der Waals surface area contributed by atoms with E-state index in [0.717, 1.165) is 16.8 Å². The molecular weight excluding hydrogens is 303 g/mol. The number of benzene rings is 2. The van der Waals surface area contributed by atoms with Gasteiger partial charge in [0.2, 0.25) is 5.95 Å². The van der Waals surface area contributed by atoms with Crippen LogP contribution in [0.25, 0.3) is 5.70 Å². The molecule has 0 radical (unpaired) electrons. The first-order valence-electron chi connectivity index (χ1n) is 7.83. The van der Waals surface area contributed by atoms with Crippen LogP contribution in [0.3, 0.4) is 0 Å². The summed E-state index contributed by atoms with van der Waals surface area (Å²) in [5.74, 6) is 0.435. The summed E-state index contributed by atoms with van der Waals surface area (Å²) in [6, 6.07) is 12.7. The van der Waals surface area contributed by atoms with E-state index >= 15 is 0 Å². The van der Waals surface area contributed by atoms with Crippen LogP contribution in [0.4, 0.5) is 10.3 Å². The van der Waals surface area contributed by atoms with Gasteiger partial charge in [-0.1, -0.05) is 24.3 Å². The highest BCUT2D eigenvalue weighted by molar-refractivity contribution is 5.77. The Labute approximate surface area is 139 Å². The fraction of sp³-hybridized carbons (Fsp3) is 0.158. The second-order valence-electron chi connectivity index (χ2n) is 6.03. The number of hydrogen-bond acceptors (Lipinski definition) is 3. The van der Waals surface area contributed by atoms with Gasteiger partial charge in [0.05, 0.1) is 0 Å². The molecule has 3 aromatic rings. The van der Waals surface area contributed by atoms with E-state index in [2.05, 4.69) is 53.5 Å². The molecule has 24 heavy (non-hydrogen) atoms. The summed E-state index contributed by atoms with van der Waals surface area (Å²) in [7, 11) is 0. The zero-order chi connectivity index (χ0) is 16.7. The molecule has 4 nitrogen and oxygen atoms in total. The number of allylic oxidation sites excluding steroid dienone is 1. The van der Waals surface area contributed by atoms with Crippen molar-refractivity contribution in [3.63, 3.8) is 0 Å². The number of rotatable bonds is 2. The fourth-order valence-corrected chi connectivity index (χ4v) is 2.91. The Morgan fingerprint density at radius 1 is 1.04 bits per heavy atom. The maximum absolute atomic E-state index is 13.3. The van der Waals surface area contributed by atoms with Gasteiger partial charge in [-0.25, -0.2) is 9.07 Å². The largest absolute Gasteiger partial charge is 0.324 e. The van der Waals surface area contributed by atoms with Gasteiger partial charge in [-0.3, -0.25) is 0 Å². The predicted molar refractivity (Wildman–Crippen MR) is 92.1 cm³/mol. The molecule has 0 amide bonds. The molecule has 0 saturated heterocycles. The lowest BCUT2D eigenvalue weighted by Gasteiger charge is -2.24. The van der Waals surface area contributed by atoms with E-state index in [1.807, 2.05) is 0 Å². The van der Waals surface area contributed by atoms with E-state index in [1.54, 1.807) is 16.8 Å². The molecule has 0 fully saturated rings. The van der Waals surface area contributed by atoms with Crippen LogP contribution in [0.2, 0.25) is 0 Å². The van der Waals surface area contributed by atoms with Crippen molar-refractivity contribution in [3.8, 4) is 0 Å². The summed E-state index contributed by atoms with van der Waals surface area (Å²) in [5.41, 5.74) is 5.53. The molecule has 2 heterocycles. The third-order valence-corrected chi connectivity index (χ3v) is 4.44. The van der Waals surface area contributed by atoms with Crippen molar-refractivity contribution >= 4 is 11.6 Å². The van der Waals surface area contributed by atoms with Crippen LogP contribution >= 0.6 is 0 Å². The van der Waals surface area contributed by atoms with Crippen LogP contribution in [0.1, 0.15) is 28.3 Å². The van der Waals surface area contributed by atoms with Crippen LogP contribution in [0.5, 0.6) is 0 Å². The molecule has 1 N–H and O–H groups in total. The second kappa shape index (κ2) is 5.60. The Balaban J connectivity index is 1.81. The second-order valence-corrected chi connectivity index (χ2v) is 6.03. The van der Waals surface area contributed by atoms with E-state index in [-0.39, 0.29) is 11.9 Å². The van der Waals surface area contributed by atoms with Crippen molar-refractivity contribution in [2.75, 3.05) is 5.32 Å². The number of anilines is 1. The lowest BCUT2D eigenvalue weighted by molar-refractivity contribution is 0.603. The highest BCUT2D eigenvalue weighted by atomic mass is 19.1. The summed E-state index contributed by atoms with van der Waals surface area (Å²) >= 11 is 0. The predicted octanol–water partition coefficient (Wildman–Crippen LogP) is 4.09. The highest BCUT2D eigenvalue weighted by Gasteiger charge is 2.23. The monoisotopic (exact) mass is 320 g/mol. The zero-order valence-electron chi connectivity index (χ0n) is 13.5. The van der Waals surface area contributed by atoms with Crippen LogP contribution in [0, 0.1) is 19.7 Å². The smallest absolute Gasteiger partial charge is 0.226 e. The maximum Gasteiger partial charge on any atom is 0.226 e. The van der Waals surface area contributed by atoms with E-state index in [4.69, 9.17) is 0 Å². The third kappa shape index (κ3) is 2.48. The minimum Gasteiger partial charge on any atom is -0.324 e. The van der Waals surface area contributed by atoms with E-state index < -0.39 is 0 Å². The number of aromatic nitrogens is 3. The Kier molecular flexibility index (Phi) is 3.41. The highest BCUT2D eigenvalue weighted by Crippen LogP contribution is 2.32. The minimum atomic E-state index is -0.245. The van der Waals surface area contributed by atoms with Crippen molar-refractivity contribution in [2.24, 2.45) is 0 Å². The molecule has 120 valence electrons. The first-order valence-corrected chi connectivity index (χ1v) is 7.83. The number of aryl methyl sites for hydroxylation is 2. The Bertz CT molecular complexity index is 925. The van der Waals surface area contributed by atoms with Gasteiger partial charge in [-0.2, -0.15) is 10.1 Å². The molecule has 0 saturated carbocycles. The standard InChI is InChI=1S/C19H17FN4/c1-12-3-4-15(9-13(12)2)17-10-18(14-5-7-16(20)8-6-14)24-19(23-17)21-11-22-24/h3-11,18H,1-2H3,(H,21,22,23)/t18-/m0/s1. The van der Waals surface area contributed by atoms with Crippen LogP contribution in [-0.2, 0) is 0 Å². The first kappa shape index (κ1) is 14.6. The van der Waals surface area contributed by atoms with E-state index in [1.165, 1.54) is 29.6 Å². The van der Waals surface area contributed by atoms with Gasteiger partial charge in [-0.15, -0.1) is 0 Å². The number of fused-ring (bicyclic) bond motifs is 1. The lowest BCUT2D eigenvalue weighted by Crippen LogP contribution is -2.20. The molecule has 0 spiro atoms. The number of nitrogens with zero attached hydrogens (tertiary/aromatic N) is 3. The minimum absolute atomic E-state index is 0.124. The van der Waals surface area contributed by atoms with Crippen LogP contribution in [0.15, 0.2) is 54.9 Å². The zero-order valence-corrected chi connectivity index (χ0v) is 13.5. The molecule has 1 atom stereocenters. The Morgan fingerprint density at radius 3 is 2.58 bits per heavy atom. The van der Waals surface area contributed by atoms with Crippen molar-refractivity contribution in [1.82, 2.24) is 14.8 Å². The molecule has 0 aliphatic carbocycles. The SMILES string of the molecule is Cc1ccc(C2=C[C@@H](c3ccc(F)cc3)n3ncnc3N2)cc1C. The van der Waals surface area contributed by atoms with Gasteiger partial charge in [0.15, 0.2) is 0 Å². The maximum atomic E-state index is 13.3. The number of hydrogen-bond donors (Lipinski definition) is 1. The summed E-state index contributed by atoms with van der Waals surface area (Å²) in [4.78, 5) is 4.29. The molecule has 0 bridgehead atoms. The summed E-state index contributed by atoms with van der Waals surface area (Å²) in [6.07, 6.45) is 3.62.